The topological polar surface area (TPSA) is 49.8 Å². The summed E-state index contributed by atoms with van der Waals surface area (Å²) in [6, 6.07) is 8.05. The molecule has 0 radical (unpaired) electrons. The normalized spacial score (nSPS) is 17.4. The number of hydrogen-bond donors (Lipinski definition) is 1. The minimum Gasteiger partial charge on any atom is -0.478 e. The van der Waals surface area contributed by atoms with Gasteiger partial charge in [0.15, 0.2) is 0 Å². The molecule has 1 N–H and O–H groups in total. The summed E-state index contributed by atoms with van der Waals surface area (Å²) in [4.78, 5) is 12.9. The number of likely N-dealkylation sites (tertiary alicyclic amines) is 1. The van der Waals surface area contributed by atoms with Crippen molar-refractivity contribution < 1.29 is 14.6 Å². The molecule has 0 atom stereocenters. The molecule has 1 heterocycles. The van der Waals surface area contributed by atoms with Crippen LogP contribution in [0.15, 0.2) is 30.3 Å². The van der Waals surface area contributed by atoms with E-state index in [0.29, 0.717) is 6.10 Å². The molecule has 114 valence electrons. The Kier molecular flexibility index (Phi) is 5.96. The number of hydrogen-bond acceptors (Lipinski definition) is 3. The molecule has 21 heavy (non-hydrogen) atoms. The van der Waals surface area contributed by atoms with Crippen LogP contribution in [0.5, 0.6) is 0 Å². The molecule has 0 spiro atoms. The average molecular weight is 289 g/mol. The molecule has 1 aromatic rings. The Bertz CT molecular complexity index is 473. The van der Waals surface area contributed by atoms with Crippen molar-refractivity contribution in [2.24, 2.45) is 0 Å². The van der Waals surface area contributed by atoms with Gasteiger partial charge in [-0.3, -0.25) is 4.90 Å². The van der Waals surface area contributed by atoms with Gasteiger partial charge in [0, 0.05) is 32.3 Å². The number of aliphatic carboxylic acids is 1. The van der Waals surface area contributed by atoms with Crippen LogP contribution in [-0.2, 0) is 16.1 Å². The van der Waals surface area contributed by atoms with E-state index in [1.165, 1.54) is 5.56 Å². The van der Waals surface area contributed by atoms with Gasteiger partial charge in [-0.2, -0.15) is 0 Å². The van der Waals surface area contributed by atoms with Crippen molar-refractivity contribution in [1.29, 1.82) is 0 Å². The van der Waals surface area contributed by atoms with Crippen molar-refractivity contribution in [3.63, 3.8) is 0 Å². The van der Waals surface area contributed by atoms with E-state index in [-0.39, 0.29) is 0 Å². The summed E-state index contributed by atoms with van der Waals surface area (Å²) in [6.45, 7) is 5.95. The maximum atomic E-state index is 10.5. The summed E-state index contributed by atoms with van der Waals surface area (Å²) in [7, 11) is 0. The highest BCUT2D eigenvalue weighted by Crippen LogP contribution is 2.16. The first-order valence-corrected chi connectivity index (χ1v) is 7.51. The first-order chi connectivity index (χ1) is 10.2. The summed E-state index contributed by atoms with van der Waals surface area (Å²) in [5.74, 6) is -0.920. The SMILES string of the molecule is CCOC1CCN(Cc2ccc(C=CC(=O)O)cc2)CC1. The van der Waals surface area contributed by atoms with E-state index in [1.54, 1.807) is 6.08 Å². The van der Waals surface area contributed by atoms with Gasteiger partial charge < -0.3 is 9.84 Å². The highest BCUT2D eigenvalue weighted by Gasteiger charge is 2.18. The minimum absolute atomic E-state index is 0.426. The van der Waals surface area contributed by atoms with E-state index in [2.05, 4.69) is 17.0 Å². The number of nitrogens with zero attached hydrogens (tertiary/aromatic N) is 1. The molecule has 0 unspecified atom stereocenters. The van der Waals surface area contributed by atoms with Crippen LogP contribution in [0.1, 0.15) is 30.9 Å². The summed E-state index contributed by atoms with van der Waals surface area (Å²) < 4.78 is 5.66. The number of benzene rings is 1. The summed E-state index contributed by atoms with van der Waals surface area (Å²) in [5, 5.41) is 8.60. The van der Waals surface area contributed by atoms with Gasteiger partial charge in [0.2, 0.25) is 0 Å². The molecule has 0 saturated carbocycles. The molecule has 0 aliphatic carbocycles. The van der Waals surface area contributed by atoms with E-state index in [4.69, 9.17) is 9.84 Å². The smallest absolute Gasteiger partial charge is 0.328 e. The molecule has 0 bridgehead atoms. The van der Waals surface area contributed by atoms with Crippen molar-refractivity contribution >= 4 is 12.0 Å². The van der Waals surface area contributed by atoms with Crippen molar-refractivity contribution in [2.75, 3.05) is 19.7 Å². The zero-order chi connectivity index (χ0) is 15.1. The maximum Gasteiger partial charge on any atom is 0.328 e. The van der Waals surface area contributed by atoms with Crippen LogP contribution in [0.3, 0.4) is 0 Å². The Labute approximate surface area is 126 Å². The Morgan fingerprint density at radius 1 is 1.33 bits per heavy atom. The fourth-order valence-corrected chi connectivity index (χ4v) is 2.63. The van der Waals surface area contributed by atoms with Crippen molar-refractivity contribution in [2.45, 2.75) is 32.4 Å². The Morgan fingerprint density at radius 3 is 2.57 bits per heavy atom. The quantitative estimate of drug-likeness (QED) is 0.818. The Hall–Kier alpha value is -1.65. The minimum atomic E-state index is -0.920. The molecule has 0 aromatic heterocycles. The lowest BCUT2D eigenvalue weighted by Crippen LogP contribution is -2.36. The van der Waals surface area contributed by atoms with E-state index < -0.39 is 5.97 Å². The van der Waals surface area contributed by atoms with Crippen LogP contribution in [0, 0.1) is 0 Å². The zero-order valence-electron chi connectivity index (χ0n) is 12.5. The van der Waals surface area contributed by atoms with Crippen molar-refractivity contribution in [1.82, 2.24) is 4.90 Å². The maximum absolute atomic E-state index is 10.5. The summed E-state index contributed by atoms with van der Waals surface area (Å²) >= 11 is 0. The number of ether oxygens (including phenoxy) is 1. The number of piperidine rings is 1. The van der Waals surface area contributed by atoms with Gasteiger partial charge in [0.1, 0.15) is 0 Å². The van der Waals surface area contributed by atoms with Crippen LogP contribution in [0.4, 0.5) is 0 Å². The lowest BCUT2D eigenvalue weighted by atomic mass is 10.1. The molecule has 4 nitrogen and oxygen atoms in total. The third kappa shape index (κ3) is 5.33. The molecule has 1 aliphatic heterocycles. The fourth-order valence-electron chi connectivity index (χ4n) is 2.63. The molecule has 1 aliphatic rings. The second-order valence-electron chi connectivity index (χ2n) is 5.34. The molecular weight excluding hydrogens is 266 g/mol. The molecule has 1 saturated heterocycles. The first-order valence-electron chi connectivity index (χ1n) is 7.51. The average Bonchev–Trinajstić information content (AvgIpc) is 2.49. The monoisotopic (exact) mass is 289 g/mol. The molecule has 4 heteroatoms. The molecular formula is C17H23NO3. The third-order valence-electron chi connectivity index (χ3n) is 3.74. The number of carboxylic acids is 1. The van der Waals surface area contributed by atoms with Gasteiger partial charge in [-0.05, 0) is 37.0 Å². The van der Waals surface area contributed by atoms with E-state index in [9.17, 15) is 4.79 Å². The Morgan fingerprint density at radius 2 is 2.00 bits per heavy atom. The van der Waals surface area contributed by atoms with Crippen LogP contribution in [0.2, 0.25) is 0 Å². The second-order valence-corrected chi connectivity index (χ2v) is 5.34. The third-order valence-corrected chi connectivity index (χ3v) is 3.74. The van der Waals surface area contributed by atoms with Gasteiger partial charge in [0.05, 0.1) is 6.10 Å². The van der Waals surface area contributed by atoms with Crippen molar-refractivity contribution in [3.8, 4) is 0 Å². The van der Waals surface area contributed by atoms with Gasteiger partial charge in [0.25, 0.3) is 0 Å². The predicted molar refractivity (Wildman–Crippen MR) is 83.0 cm³/mol. The van der Waals surface area contributed by atoms with Gasteiger partial charge in [-0.1, -0.05) is 24.3 Å². The summed E-state index contributed by atoms with van der Waals surface area (Å²) in [6.07, 6.45) is 5.41. The van der Waals surface area contributed by atoms with Gasteiger partial charge in [-0.25, -0.2) is 4.79 Å². The second kappa shape index (κ2) is 7.96. The Balaban J connectivity index is 1.82. The molecule has 1 aromatic carbocycles. The number of carbonyl (C=O) groups is 1. The van der Waals surface area contributed by atoms with E-state index in [1.807, 2.05) is 19.1 Å². The number of carboxylic acid groups (broad SMARTS) is 1. The molecule has 2 rings (SSSR count). The van der Waals surface area contributed by atoms with E-state index >= 15 is 0 Å². The largest absolute Gasteiger partial charge is 0.478 e. The zero-order valence-corrected chi connectivity index (χ0v) is 12.5. The fraction of sp³-hybridized carbons (Fsp3) is 0.471. The summed E-state index contributed by atoms with van der Waals surface area (Å²) in [5.41, 5.74) is 2.17. The molecule has 0 amide bonds. The highest BCUT2D eigenvalue weighted by atomic mass is 16.5. The van der Waals surface area contributed by atoms with Crippen LogP contribution >= 0.6 is 0 Å². The standard InChI is InChI=1S/C17H23NO3/c1-2-21-16-9-11-18(12-10-16)13-15-5-3-14(4-6-15)7-8-17(19)20/h3-8,16H,2,9-13H2,1H3,(H,19,20). The lowest BCUT2D eigenvalue weighted by molar-refractivity contribution is -0.131. The number of rotatable bonds is 6. The first kappa shape index (κ1) is 15.7. The highest BCUT2D eigenvalue weighted by molar-refractivity contribution is 5.85. The van der Waals surface area contributed by atoms with E-state index in [0.717, 1.165) is 50.7 Å². The van der Waals surface area contributed by atoms with Gasteiger partial charge >= 0.3 is 5.97 Å². The predicted octanol–water partition coefficient (Wildman–Crippen LogP) is 2.79. The van der Waals surface area contributed by atoms with Crippen LogP contribution < -0.4 is 0 Å². The van der Waals surface area contributed by atoms with Crippen LogP contribution in [0.25, 0.3) is 6.08 Å². The molecule has 1 fully saturated rings. The van der Waals surface area contributed by atoms with Crippen molar-refractivity contribution in [3.05, 3.63) is 41.5 Å². The lowest BCUT2D eigenvalue weighted by Gasteiger charge is -2.31. The van der Waals surface area contributed by atoms with Crippen LogP contribution in [-0.4, -0.2) is 41.8 Å². The van der Waals surface area contributed by atoms with Gasteiger partial charge in [-0.15, -0.1) is 0 Å².